The van der Waals surface area contributed by atoms with Gasteiger partial charge in [-0.15, -0.1) is 0 Å². The lowest BCUT2D eigenvalue weighted by atomic mass is 9.95. The SMILES string of the molecule is CCC(N)C(c1ccc(OC)cc1)N(CC(C)C)C1CC1. The average molecular weight is 290 g/mol. The van der Waals surface area contributed by atoms with Crippen LogP contribution in [0.2, 0.25) is 0 Å². The average Bonchev–Trinajstić information content (AvgIpc) is 3.31. The number of nitrogens with two attached hydrogens (primary N) is 1. The van der Waals surface area contributed by atoms with Gasteiger partial charge < -0.3 is 10.5 Å². The molecule has 0 radical (unpaired) electrons. The van der Waals surface area contributed by atoms with Crippen molar-refractivity contribution in [1.82, 2.24) is 4.90 Å². The third-order valence-electron chi connectivity index (χ3n) is 4.28. The first-order valence-corrected chi connectivity index (χ1v) is 8.22. The van der Waals surface area contributed by atoms with E-state index in [4.69, 9.17) is 10.5 Å². The van der Waals surface area contributed by atoms with Crippen molar-refractivity contribution < 1.29 is 4.74 Å². The molecule has 1 fully saturated rings. The number of hydrogen-bond acceptors (Lipinski definition) is 3. The van der Waals surface area contributed by atoms with Crippen LogP contribution in [0, 0.1) is 5.92 Å². The van der Waals surface area contributed by atoms with E-state index in [1.54, 1.807) is 7.11 Å². The topological polar surface area (TPSA) is 38.5 Å². The molecule has 2 unspecified atom stereocenters. The highest BCUT2D eigenvalue weighted by molar-refractivity contribution is 5.30. The van der Waals surface area contributed by atoms with Crippen LogP contribution in [0.15, 0.2) is 24.3 Å². The Bertz CT molecular complexity index is 425. The minimum Gasteiger partial charge on any atom is -0.497 e. The minimum absolute atomic E-state index is 0.178. The first kappa shape index (κ1) is 16.3. The van der Waals surface area contributed by atoms with Gasteiger partial charge in [-0.25, -0.2) is 0 Å². The predicted molar refractivity (Wildman–Crippen MR) is 88.6 cm³/mol. The normalized spacial score (nSPS) is 18.0. The Labute approximate surface area is 129 Å². The van der Waals surface area contributed by atoms with Gasteiger partial charge in [-0.3, -0.25) is 4.90 Å². The number of hydrogen-bond donors (Lipinski definition) is 1. The summed E-state index contributed by atoms with van der Waals surface area (Å²) in [5.41, 5.74) is 7.81. The van der Waals surface area contributed by atoms with Gasteiger partial charge in [0.1, 0.15) is 5.75 Å². The van der Waals surface area contributed by atoms with Crippen LogP contribution in [0.3, 0.4) is 0 Å². The zero-order valence-corrected chi connectivity index (χ0v) is 13.9. The van der Waals surface area contributed by atoms with E-state index in [9.17, 15) is 0 Å². The summed E-state index contributed by atoms with van der Waals surface area (Å²) in [4.78, 5) is 2.64. The molecule has 1 aliphatic carbocycles. The van der Waals surface area contributed by atoms with E-state index < -0.39 is 0 Å². The molecule has 3 heteroatoms. The Balaban J connectivity index is 2.26. The predicted octanol–water partition coefficient (Wildman–Crippen LogP) is 3.59. The number of ether oxygens (including phenoxy) is 1. The third-order valence-corrected chi connectivity index (χ3v) is 4.28. The van der Waals surface area contributed by atoms with Crippen molar-refractivity contribution in [3.8, 4) is 5.75 Å². The second-order valence-electron chi connectivity index (χ2n) is 6.61. The Morgan fingerprint density at radius 2 is 1.86 bits per heavy atom. The van der Waals surface area contributed by atoms with E-state index in [0.29, 0.717) is 12.0 Å². The Kier molecular flexibility index (Phi) is 5.65. The highest BCUT2D eigenvalue weighted by atomic mass is 16.5. The molecular formula is C18H30N2O. The summed E-state index contributed by atoms with van der Waals surface area (Å²) in [7, 11) is 1.71. The van der Waals surface area contributed by atoms with Crippen molar-refractivity contribution in [2.45, 2.75) is 58.2 Å². The molecule has 1 aromatic rings. The Morgan fingerprint density at radius 1 is 1.24 bits per heavy atom. The number of methoxy groups -OCH3 is 1. The quantitative estimate of drug-likeness (QED) is 0.795. The van der Waals surface area contributed by atoms with Gasteiger partial charge in [-0.1, -0.05) is 32.9 Å². The molecular weight excluding hydrogens is 260 g/mol. The number of rotatable bonds is 8. The van der Waals surface area contributed by atoms with Crippen molar-refractivity contribution >= 4 is 0 Å². The van der Waals surface area contributed by atoms with E-state index in [2.05, 4.69) is 37.8 Å². The first-order valence-electron chi connectivity index (χ1n) is 8.22. The van der Waals surface area contributed by atoms with Gasteiger partial charge in [-0.2, -0.15) is 0 Å². The molecule has 0 spiro atoms. The summed E-state index contributed by atoms with van der Waals surface area (Å²) in [6.07, 6.45) is 3.63. The molecule has 1 aliphatic rings. The van der Waals surface area contributed by atoms with E-state index in [0.717, 1.165) is 24.8 Å². The lowest BCUT2D eigenvalue weighted by molar-refractivity contribution is 0.141. The fourth-order valence-corrected chi connectivity index (χ4v) is 3.03. The van der Waals surface area contributed by atoms with Gasteiger partial charge in [0.15, 0.2) is 0 Å². The molecule has 21 heavy (non-hydrogen) atoms. The largest absolute Gasteiger partial charge is 0.497 e. The minimum atomic E-state index is 0.178. The smallest absolute Gasteiger partial charge is 0.118 e. The molecule has 2 N–H and O–H groups in total. The van der Waals surface area contributed by atoms with Crippen LogP contribution >= 0.6 is 0 Å². The fourth-order valence-electron chi connectivity index (χ4n) is 3.03. The molecule has 0 saturated heterocycles. The molecule has 1 aromatic carbocycles. The second kappa shape index (κ2) is 7.28. The molecule has 3 nitrogen and oxygen atoms in total. The molecule has 2 atom stereocenters. The summed E-state index contributed by atoms with van der Waals surface area (Å²) in [5, 5.41) is 0. The molecule has 0 heterocycles. The van der Waals surface area contributed by atoms with Crippen LogP contribution in [0.4, 0.5) is 0 Å². The van der Waals surface area contributed by atoms with Crippen LogP contribution < -0.4 is 10.5 Å². The van der Waals surface area contributed by atoms with E-state index in [1.165, 1.54) is 18.4 Å². The first-order chi connectivity index (χ1) is 10.1. The zero-order chi connectivity index (χ0) is 15.4. The molecule has 118 valence electrons. The number of nitrogens with zero attached hydrogens (tertiary/aromatic N) is 1. The van der Waals surface area contributed by atoms with Gasteiger partial charge in [-0.05, 0) is 42.9 Å². The van der Waals surface area contributed by atoms with E-state index in [1.807, 2.05) is 12.1 Å². The van der Waals surface area contributed by atoms with E-state index in [-0.39, 0.29) is 6.04 Å². The van der Waals surface area contributed by atoms with Crippen LogP contribution in [0.5, 0.6) is 5.75 Å². The van der Waals surface area contributed by atoms with Gasteiger partial charge >= 0.3 is 0 Å². The highest BCUT2D eigenvalue weighted by Crippen LogP contribution is 2.37. The lowest BCUT2D eigenvalue weighted by Crippen LogP contribution is -2.43. The highest BCUT2D eigenvalue weighted by Gasteiger charge is 2.37. The summed E-state index contributed by atoms with van der Waals surface area (Å²) in [6, 6.07) is 9.66. The summed E-state index contributed by atoms with van der Waals surface area (Å²) in [6.45, 7) is 7.88. The monoisotopic (exact) mass is 290 g/mol. The lowest BCUT2D eigenvalue weighted by Gasteiger charge is -2.37. The molecule has 0 bridgehead atoms. The van der Waals surface area contributed by atoms with Crippen LogP contribution in [-0.2, 0) is 0 Å². The Morgan fingerprint density at radius 3 is 2.29 bits per heavy atom. The van der Waals surface area contributed by atoms with Crippen molar-refractivity contribution in [2.24, 2.45) is 11.7 Å². The van der Waals surface area contributed by atoms with Gasteiger partial charge in [0.25, 0.3) is 0 Å². The standard InChI is InChI=1S/C18H30N2O/c1-5-17(19)18(14-6-10-16(21-4)11-7-14)20(12-13(2)3)15-8-9-15/h6-7,10-11,13,15,17-18H,5,8-9,12,19H2,1-4H3. The van der Waals surface area contributed by atoms with E-state index >= 15 is 0 Å². The summed E-state index contributed by atoms with van der Waals surface area (Å²) in [5.74, 6) is 1.57. The maximum Gasteiger partial charge on any atom is 0.118 e. The number of benzene rings is 1. The maximum absolute atomic E-state index is 6.49. The molecule has 1 saturated carbocycles. The molecule has 0 amide bonds. The van der Waals surface area contributed by atoms with Crippen molar-refractivity contribution in [1.29, 1.82) is 0 Å². The van der Waals surface area contributed by atoms with Gasteiger partial charge in [0, 0.05) is 18.6 Å². The second-order valence-corrected chi connectivity index (χ2v) is 6.61. The molecule has 0 aromatic heterocycles. The molecule has 0 aliphatic heterocycles. The van der Waals surface area contributed by atoms with Crippen molar-refractivity contribution in [3.05, 3.63) is 29.8 Å². The molecule has 2 rings (SSSR count). The zero-order valence-electron chi connectivity index (χ0n) is 13.9. The summed E-state index contributed by atoms with van der Waals surface area (Å²) >= 11 is 0. The fraction of sp³-hybridized carbons (Fsp3) is 0.667. The third kappa shape index (κ3) is 4.21. The Hall–Kier alpha value is -1.06. The van der Waals surface area contributed by atoms with Crippen molar-refractivity contribution in [3.63, 3.8) is 0 Å². The maximum atomic E-state index is 6.49. The van der Waals surface area contributed by atoms with Gasteiger partial charge in [0.2, 0.25) is 0 Å². The summed E-state index contributed by atoms with van der Waals surface area (Å²) < 4.78 is 5.28. The van der Waals surface area contributed by atoms with Crippen LogP contribution in [0.25, 0.3) is 0 Å². The van der Waals surface area contributed by atoms with Gasteiger partial charge in [0.05, 0.1) is 13.2 Å². The van der Waals surface area contributed by atoms with Crippen molar-refractivity contribution in [2.75, 3.05) is 13.7 Å². The van der Waals surface area contributed by atoms with Crippen LogP contribution in [-0.4, -0.2) is 30.6 Å². The van der Waals surface area contributed by atoms with Crippen LogP contribution in [0.1, 0.15) is 51.6 Å².